The molecule has 0 unspecified atom stereocenters. The van der Waals surface area contributed by atoms with Gasteiger partial charge in [0.05, 0.1) is 0 Å². The highest BCUT2D eigenvalue weighted by Crippen LogP contribution is 2.20. The monoisotopic (exact) mass is 271 g/mol. The van der Waals surface area contributed by atoms with Gasteiger partial charge in [-0.15, -0.1) is 0 Å². The van der Waals surface area contributed by atoms with E-state index in [9.17, 15) is 0 Å². The molecule has 1 N–H and O–H groups in total. The van der Waals surface area contributed by atoms with Gasteiger partial charge in [-0.2, -0.15) is 4.98 Å². The molecule has 106 valence electrons. The summed E-state index contributed by atoms with van der Waals surface area (Å²) in [5.74, 6) is 1.53. The van der Waals surface area contributed by atoms with Gasteiger partial charge in [0.1, 0.15) is 5.82 Å². The van der Waals surface area contributed by atoms with Gasteiger partial charge in [0.25, 0.3) is 0 Å². The van der Waals surface area contributed by atoms with Crippen molar-refractivity contribution < 1.29 is 0 Å². The number of hydrogen-bond acceptors (Lipinski definition) is 5. The van der Waals surface area contributed by atoms with Crippen LogP contribution in [0.5, 0.6) is 0 Å². The highest BCUT2D eigenvalue weighted by molar-refractivity contribution is 5.60. The van der Waals surface area contributed by atoms with Gasteiger partial charge in [-0.05, 0) is 31.2 Å². The van der Waals surface area contributed by atoms with E-state index < -0.39 is 0 Å². The van der Waals surface area contributed by atoms with Crippen molar-refractivity contribution in [3.63, 3.8) is 0 Å². The molecule has 0 radical (unpaired) electrons. The van der Waals surface area contributed by atoms with Crippen molar-refractivity contribution in [2.75, 3.05) is 43.3 Å². The Hall–Kier alpha value is -2.30. The third kappa shape index (κ3) is 3.17. The average molecular weight is 271 g/mol. The number of benzene rings is 1. The number of nitrogens with one attached hydrogen (secondary N) is 1. The second-order valence-electron chi connectivity index (χ2n) is 5.16. The minimum Gasteiger partial charge on any atom is -0.378 e. The van der Waals surface area contributed by atoms with Crippen molar-refractivity contribution >= 4 is 23.1 Å². The number of anilines is 4. The molecule has 0 aliphatic carbocycles. The van der Waals surface area contributed by atoms with E-state index in [0.717, 1.165) is 22.8 Å². The summed E-state index contributed by atoms with van der Waals surface area (Å²) in [7, 11) is 8.00. The van der Waals surface area contributed by atoms with Gasteiger partial charge < -0.3 is 15.1 Å². The van der Waals surface area contributed by atoms with Crippen LogP contribution in [0.1, 0.15) is 5.56 Å². The predicted octanol–water partition coefficient (Wildman–Crippen LogP) is 2.66. The van der Waals surface area contributed by atoms with Crippen LogP contribution in [-0.4, -0.2) is 38.2 Å². The molecule has 1 heterocycles. The van der Waals surface area contributed by atoms with Gasteiger partial charge in [-0.3, -0.25) is 0 Å². The van der Waals surface area contributed by atoms with E-state index in [2.05, 4.69) is 32.3 Å². The zero-order chi connectivity index (χ0) is 14.7. The van der Waals surface area contributed by atoms with E-state index >= 15 is 0 Å². The maximum atomic E-state index is 4.52. The Morgan fingerprint density at radius 2 is 1.60 bits per heavy atom. The second kappa shape index (κ2) is 5.77. The van der Waals surface area contributed by atoms with Gasteiger partial charge >= 0.3 is 0 Å². The lowest BCUT2D eigenvalue weighted by Gasteiger charge is -2.16. The molecule has 5 nitrogen and oxygen atoms in total. The second-order valence-corrected chi connectivity index (χ2v) is 5.16. The van der Waals surface area contributed by atoms with Crippen LogP contribution in [0, 0.1) is 6.92 Å². The number of rotatable bonds is 4. The van der Waals surface area contributed by atoms with Crippen LogP contribution in [0.25, 0.3) is 0 Å². The smallest absolute Gasteiger partial charge is 0.229 e. The molecule has 2 aromatic rings. The Morgan fingerprint density at radius 3 is 2.15 bits per heavy atom. The summed E-state index contributed by atoms with van der Waals surface area (Å²) in [5, 5.41) is 3.23. The fraction of sp³-hybridized carbons (Fsp3) is 0.333. The molecule has 0 saturated heterocycles. The van der Waals surface area contributed by atoms with Crippen LogP contribution in [0.3, 0.4) is 0 Å². The Morgan fingerprint density at radius 1 is 0.950 bits per heavy atom. The summed E-state index contributed by atoms with van der Waals surface area (Å²) < 4.78 is 0. The molecule has 5 heteroatoms. The number of hydrogen-bond donors (Lipinski definition) is 1. The fourth-order valence-corrected chi connectivity index (χ4v) is 1.92. The topological polar surface area (TPSA) is 44.3 Å². The molecule has 0 atom stereocenters. The maximum Gasteiger partial charge on any atom is 0.229 e. The molecule has 1 aromatic heterocycles. The summed E-state index contributed by atoms with van der Waals surface area (Å²) in [6.07, 6.45) is 1.83. The maximum absolute atomic E-state index is 4.52. The number of aromatic nitrogens is 2. The van der Waals surface area contributed by atoms with Gasteiger partial charge in [-0.1, -0.05) is 0 Å². The first-order chi connectivity index (χ1) is 9.47. The third-order valence-corrected chi connectivity index (χ3v) is 3.01. The third-order valence-electron chi connectivity index (χ3n) is 3.01. The van der Waals surface area contributed by atoms with E-state index in [1.54, 1.807) is 0 Å². The lowest BCUT2D eigenvalue weighted by Crippen LogP contribution is -2.13. The van der Waals surface area contributed by atoms with E-state index in [4.69, 9.17) is 0 Å². The molecule has 0 aliphatic rings. The molecular weight excluding hydrogens is 250 g/mol. The van der Waals surface area contributed by atoms with Crippen LogP contribution >= 0.6 is 0 Å². The van der Waals surface area contributed by atoms with Crippen molar-refractivity contribution in [3.05, 3.63) is 36.0 Å². The molecular formula is C15H21N5. The van der Waals surface area contributed by atoms with E-state index in [0.29, 0.717) is 5.95 Å². The van der Waals surface area contributed by atoms with Crippen molar-refractivity contribution in [1.29, 1.82) is 0 Å². The zero-order valence-electron chi connectivity index (χ0n) is 12.7. The van der Waals surface area contributed by atoms with Gasteiger partial charge in [0.2, 0.25) is 5.95 Å². The Bertz CT molecular complexity index is 575. The standard InChI is InChI=1S/C15H21N5/c1-11-10-16-15(18-14(11)20(4)5)17-12-6-8-13(9-7-12)19(2)3/h6-10H,1-5H3,(H,16,17,18). The minimum atomic E-state index is 0.608. The first-order valence-electron chi connectivity index (χ1n) is 6.53. The van der Waals surface area contributed by atoms with Crippen molar-refractivity contribution in [2.24, 2.45) is 0 Å². The fourth-order valence-electron chi connectivity index (χ4n) is 1.92. The Balaban J connectivity index is 2.19. The summed E-state index contributed by atoms with van der Waals surface area (Å²) in [4.78, 5) is 12.9. The first kappa shape index (κ1) is 14.1. The summed E-state index contributed by atoms with van der Waals surface area (Å²) in [5.41, 5.74) is 3.20. The molecule has 0 saturated carbocycles. The molecule has 20 heavy (non-hydrogen) atoms. The van der Waals surface area contributed by atoms with Gasteiger partial charge in [0.15, 0.2) is 0 Å². The van der Waals surface area contributed by atoms with Crippen LogP contribution in [-0.2, 0) is 0 Å². The predicted molar refractivity (Wildman–Crippen MR) is 85.1 cm³/mol. The molecule has 0 aliphatic heterocycles. The van der Waals surface area contributed by atoms with E-state index in [1.165, 1.54) is 0 Å². The SMILES string of the molecule is Cc1cnc(Nc2ccc(N(C)C)cc2)nc1N(C)C. The molecule has 0 spiro atoms. The van der Waals surface area contributed by atoms with Crippen LogP contribution < -0.4 is 15.1 Å². The van der Waals surface area contributed by atoms with Crippen molar-refractivity contribution in [1.82, 2.24) is 9.97 Å². The molecule has 2 rings (SSSR count). The molecule has 0 amide bonds. The quantitative estimate of drug-likeness (QED) is 0.926. The Kier molecular flexibility index (Phi) is 4.08. The van der Waals surface area contributed by atoms with Crippen molar-refractivity contribution in [2.45, 2.75) is 6.92 Å². The zero-order valence-corrected chi connectivity index (χ0v) is 12.7. The summed E-state index contributed by atoms with van der Waals surface area (Å²) in [6, 6.07) is 8.16. The number of nitrogens with zero attached hydrogens (tertiary/aromatic N) is 4. The van der Waals surface area contributed by atoms with Crippen LogP contribution in [0.4, 0.5) is 23.1 Å². The van der Waals surface area contributed by atoms with Crippen LogP contribution in [0.2, 0.25) is 0 Å². The number of aryl methyl sites for hydroxylation is 1. The van der Waals surface area contributed by atoms with Crippen LogP contribution in [0.15, 0.2) is 30.5 Å². The average Bonchev–Trinajstić information content (AvgIpc) is 2.41. The summed E-state index contributed by atoms with van der Waals surface area (Å²) >= 11 is 0. The lowest BCUT2D eigenvalue weighted by molar-refractivity contribution is 1.02. The van der Waals surface area contributed by atoms with Gasteiger partial charge in [0, 0.05) is 51.3 Å². The van der Waals surface area contributed by atoms with E-state index in [-0.39, 0.29) is 0 Å². The Labute approximate surface area is 120 Å². The normalized spacial score (nSPS) is 10.2. The minimum absolute atomic E-state index is 0.608. The highest BCUT2D eigenvalue weighted by atomic mass is 15.2. The van der Waals surface area contributed by atoms with E-state index in [1.807, 2.05) is 58.3 Å². The van der Waals surface area contributed by atoms with Crippen molar-refractivity contribution in [3.8, 4) is 0 Å². The summed E-state index contributed by atoms with van der Waals surface area (Å²) in [6.45, 7) is 2.00. The molecule has 0 fully saturated rings. The lowest BCUT2D eigenvalue weighted by atomic mass is 10.2. The molecule has 0 bridgehead atoms. The highest BCUT2D eigenvalue weighted by Gasteiger charge is 2.06. The van der Waals surface area contributed by atoms with Gasteiger partial charge in [-0.25, -0.2) is 4.98 Å². The molecule has 1 aromatic carbocycles. The largest absolute Gasteiger partial charge is 0.378 e. The first-order valence-corrected chi connectivity index (χ1v) is 6.53.